The van der Waals surface area contributed by atoms with Gasteiger partial charge in [0.1, 0.15) is 6.07 Å². The highest BCUT2D eigenvalue weighted by Crippen LogP contribution is 2.24. The van der Waals surface area contributed by atoms with Crippen molar-refractivity contribution in [1.29, 1.82) is 5.26 Å². The molecule has 2 fully saturated rings. The van der Waals surface area contributed by atoms with E-state index in [-0.39, 0.29) is 6.47 Å². The van der Waals surface area contributed by atoms with Crippen LogP contribution in [0, 0.1) is 17.2 Å². The zero-order chi connectivity index (χ0) is 18.1. The van der Waals surface area contributed by atoms with Gasteiger partial charge in [0.2, 0.25) is 0 Å². The van der Waals surface area contributed by atoms with Crippen molar-refractivity contribution in [3.05, 3.63) is 18.1 Å². The molecule has 136 valence electrons. The van der Waals surface area contributed by atoms with Crippen LogP contribution in [0.4, 0.5) is 5.82 Å². The number of anilines is 1. The molecule has 1 aromatic heterocycles. The number of nitrogens with zero attached hydrogens (tertiary/aromatic N) is 6. The Morgan fingerprint density at radius 2 is 1.96 bits per heavy atom. The maximum atomic E-state index is 9.21. The van der Waals surface area contributed by atoms with Crippen LogP contribution in [0.2, 0.25) is 0 Å². The number of piperazine rings is 1. The van der Waals surface area contributed by atoms with Crippen molar-refractivity contribution < 1.29 is 9.90 Å². The summed E-state index contributed by atoms with van der Waals surface area (Å²) in [5.41, 5.74) is 0.447. The first kappa shape index (κ1) is 19.1. The minimum absolute atomic E-state index is 0.250. The molecule has 2 aliphatic heterocycles. The third kappa shape index (κ3) is 5.66. The molecule has 3 rings (SSSR count). The fourth-order valence-corrected chi connectivity index (χ4v) is 3.44. The van der Waals surface area contributed by atoms with Gasteiger partial charge in [-0.05, 0) is 25.8 Å². The number of piperidine rings is 1. The molecule has 0 saturated carbocycles. The molecule has 0 bridgehead atoms. The van der Waals surface area contributed by atoms with Gasteiger partial charge in [-0.1, -0.05) is 0 Å². The van der Waals surface area contributed by atoms with Crippen molar-refractivity contribution in [3.63, 3.8) is 0 Å². The zero-order valence-electron chi connectivity index (χ0n) is 14.7. The molecule has 0 amide bonds. The molecule has 0 radical (unpaired) electrons. The zero-order valence-corrected chi connectivity index (χ0v) is 14.7. The van der Waals surface area contributed by atoms with E-state index >= 15 is 0 Å². The first-order valence-corrected chi connectivity index (χ1v) is 8.62. The topological polar surface area (TPSA) is 96.6 Å². The van der Waals surface area contributed by atoms with Gasteiger partial charge in [0.25, 0.3) is 6.47 Å². The molecule has 25 heavy (non-hydrogen) atoms. The van der Waals surface area contributed by atoms with E-state index in [1.54, 1.807) is 12.4 Å². The predicted molar refractivity (Wildman–Crippen MR) is 94.3 cm³/mol. The number of carbonyl (C=O) groups is 1. The van der Waals surface area contributed by atoms with Crippen LogP contribution in [-0.4, -0.2) is 84.2 Å². The highest BCUT2D eigenvalue weighted by molar-refractivity contribution is 5.49. The third-order valence-electron chi connectivity index (χ3n) is 4.72. The molecule has 2 aliphatic rings. The van der Waals surface area contributed by atoms with Gasteiger partial charge in [-0.15, -0.1) is 0 Å². The average molecular weight is 346 g/mol. The summed E-state index contributed by atoms with van der Waals surface area (Å²) >= 11 is 0. The number of rotatable bonds is 3. The molecule has 8 heteroatoms. The van der Waals surface area contributed by atoms with E-state index in [1.165, 1.54) is 39.0 Å². The van der Waals surface area contributed by atoms with Gasteiger partial charge in [0, 0.05) is 58.2 Å². The van der Waals surface area contributed by atoms with E-state index in [4.69, 9.17) is 9.90 Å². The molecule has 1 N–H and O–H groups in total. The van der Waals surface area contributed by atoms with Crippen LogP contribution < -0.4 is 4.90 Å². The van der Waals surface area contributed by atoms with Gasteiger partial charge in [-0.2, -0.15) is 5.26 Å². The van der Waals surface area contributed by atoms with E-state index in [9.17, 15) is 5.26 Å². The smallest absolute Gasteiger partial charge is 0.290 e. The highest BCUT2D eigenvalue weighted by atomic mass is 16.3. The average Bonchev–Trinajstić information content (AvgIpc) is 2.64. The molecule has 0 aromatic carbocycles. The van der Waals surface area contributed by atoms with Gasteiger partial charge in [-0.3, -0.25) is 4.79 Å². The fourth-order valence-electron chi connectivity index (χ4n) is 3.44. The second kappa shape index (κ2) is 9.91. The summed E-state index contributed by atoms with van der Waals surface area (Å²) in [6.07, 6.45) is 5.71. The van der Waals surface area contributed by atoms with Crippen LogP contribution in [0.1, 0.15) is 18.5 Å². The number of likely N-dealkylation sites (N-methyl/N-ethyl adjacent to an activating group) is 1. The highest BCUT2D eigenvalue weighted by Gasteiger charge is 2.25. The second-order valence-corrected chi connectivity index (χ2v) is 6.50. The van der Waals surface area contributed by atoms with Crippen LogP contribution in [-0.2, 0) is 4.79 Å². The van der Waals surface area contributed by atoms with Crippen molar-refractivity contribution >= 4 is 12.3 Å². The Morgan fingerprint density at radius 3 is 2.64 bits per heavy atom. The quantitative estimate of drug-likeness (QED) is 0.791. The number of aromatic nitrogens is 2. The van der Waals surface area contributed by atoms with Crippen molar-refractivity contribution in [2.24, 2.45) is 5.92 Å². The second-order valence-electron chi connectivity index (χ2n) is 6.50. The van der Waals surface area contributed by atoms with Crippen LogP contribution in [0.15, 0.2) is 12.4 Å². The van der Waals surface area contributed by atoms with Crippen molar-refractivity contribution in [2.75, 3.05) is 57.8 Å². The van der Waals surface area contributed by atoms with Gasteiger partial charge in [-0.25, -0.2) is 9.97 Å². The fraction of sp³-hybridized carbons (Fsp3) is 0.647. The first-order valence-electron chi connectivity index (χ1n) is 8.62. The van der Waals surface area contributed by atoms with E-state index in [1.807, 2.05) is 0 Å². The maximum Gasteiger partial charge on any atom is 0.290 e. The lowest BCUT2D eigenvalue weighted by atomic mass is 9.97. The minimum Gasteiger partial charge on any atom is -0.483 e. The lowest BCUT2D eigenvalue weighted by molar-refractivity contribution is -0.122. The summed E-state index contributed by atoms with van der Waals surface area (Å²) in [6, 6.07) is 2.16. The number of hydrogen-bond acceptors (Lipinski definition) is 7. The van der Waals surface area contributed by atoms with Crippen LogP contribution in [0.25, 0.3) is 0 Å². The lowest BCUT2D eigenvalue weighted by Crippen LogP contribution is -2.48. The molecule has 1 atom stereocenters. The number of nitriles is 1. The van der Waals surface area contributed by atoms with Crippen molar-refractivity contribution in [2.45, 2.75) is 12.8 Å². The van der Waals surface area contributed by atoms with Gasteiger partial charge < -0.3 is 19.8 Å². The minimum atomic E-state index is -0.250. The van der Waals surface area contributed by atoms with E-state index in [0.29, 0.717) is 11.6 Å². The largest absolute Gasteiger partial charge is 0.483 e. The van der Waals surface area contributed by atoms with Gasteiger partial charge in [0.05, 0.1) is 0 Å². The Kier molecular flexibility index (Phi) is 7.57. The maximum absolute atomic E-state index is 9.21. The van der Waals surface area contributed by atoms with Gasteiger partial charge >= 0.3 is 0 Å². The Bertz CT molecular complexity index is 583. The van der Waals surface area contributed by atoms with Crippen LogP contribution in [0.3, 0.4) is 0 Å². The molecule has 1 aromatic rings. The van der Waals surface area contributed by atoms with E-state index < -0.39 is 0 Å². The molecule has 0 aliphatic carbocycles. The number of hydrogen-bond donors (Lipinski definition) is 1. The summed E-state index contributed by atoms with van der Waals surface area (Å²) in [7, 11) is 2.19. The normalized spacial score (nSPS) is 21.8. The monoisotopic (exact) mass is 346 g/mol. The molecule has 1 unspecified atom stereocenters. The third-order valence-corrected chi connectivity index (χ3v) is 4.72. The Labute approximate surface area is 148 Å². The SMILES string of the molecule is CN1CCN(CC2CCCN(c3nccnc3C#N)C2)CC1.O=CO. The molecular formula is C17H26N6O2. The summed E-state index contributed by atoms with van der Waals surface area (Å²) < 4.78 is 0. The van der Waals surface area contributed by atoms with Crippen LogP contribution >= 0.6 is 0 Å². The summed E-state index contributed by atoms with van der Waals surface area (Å²) in [6.45, 7) is 7.54. The van der Waals surface area contributed by atoms with E-state index in [2.05, 4.69) is 37.8 Å². The first-order chi connectivity index (χ1) is 12.2. The van der Waals surface area contributed by atoms with Crippen molar-refractivity contribution in [1.82, 2.24) is 19.8 Å². The van der Waals surface area contributed by atoms with Crippen molar-refractivity contribution in [3.8, 4) is 6.07 Å². The Hall–Kier alpha value is -2.24. The van der Waals surface area contributed by atoms with Gasteiger partial charge in [0.15, 0.2) is 11.5 Å². The standard InChI is InChI=1S/C16H24N6.CH2O2/c1-20-7-9-21(10-8-20)12-14-3-2-6-22(13-14)16-15(11-17)18-4-5-19-16;2-1-3/h4-5,14H,2-3,6-10,12-13H2,1H3;1H,(H,2,3). The molecule has 0 spiro atoms. The predicted octanol–water partition coefficient (Wildman–Crippen LogP) is 0.513. The molecule has 3 heterocycles. The lowest BCUT2D eigenvalue weighted by Gasteiger charge is -2.38. The Balaban J connectivity index is 0.000000701. The van der Waals surface area contributed by atoms with Crippen LogP contribution in [0.5, 0.6) is 0 Å². The summed E-state index contributed by atoms with van der Waals surface area (Å²) in [5, 5.41) is 16.1. The van der Waals surface area contributed by atoms with E-state index in [0.717, 1.165) is 25.5 Å². The molecular weight excluding hydrogens is 320 g/mol. The molecule has 8 nitrogen and oxygen atoms in total. The number of carboxylic acid groups (broad SMARTS) is 1. The summed E-state index contributed by atoms with van der Waals surface area (Å²) in [5.74, 6) is 1.42. The molecule has 2 saturated heterocycles. The summed E-state index contributed by atoms with van der Waals surface area (Å²) in [4.78, 5) is 24.1. The Morgan fingerprint density at radius 1 is 1.28 bits per heavy atom.